The van der Waals surface area contributed by atoms with Gasteiger partial charge in [-0.25, -0.2) is 9.78 Å². The van der Waals surface area contributed by atoms with Gasteiger partial charge in [0.1, 0.15) is 11.4 Å². The van der Waals surface area contributed by atoms with Gasteiger partial charge in [-0.2, -0.15) is 0 Å². The molecular formula is C20H22N2O4S. The molecule has 2 aromatic rings. The summed E-state index contributed by atoms with van der Waals surface area (Å²) in [5.74, 6) is 0.0807. The Bertz CT molecular complexity index is 939. The summed E-state index contributed by atoms with van der Waals surface area (Å²) < 4.78 is 11.9. The summed E-state index contributed by atoms with van der Waals surface area (Å²) in [5.41, 5.74) is 0.912. The van der Waals surface area contributed by atoms with Crippen LogP contribution in [0.5, 0.6) is 5.75 Å². The van der Waals surface area contributed by atoms with E-state index in [4.69, 9.17) is 9.47 Å². The maximum absolute atomic E-state index is 13.1. The van der Waals surface area contributed by atoms with Gasteiger partial charge < -0.3 is 9.47 Å². The molecule has 1 aromatic heterocycles. The van der Waals surface area contributed by atoms with Crippen molar-refractivity contribution < 1.29 is 19.1 Å². The highest BCUT2D eigenvalue weighted by Gasteiger charge is 2.49. The van der Waals surface area contributed by atoms with Gasteiger partial charge in [0.05, 0.1) is 22.9 Å². The molecular weight excluding hydrogens is 364 g/mol. The van der Waals surface area contributed by atoms with Gasteiger partial charge in [-0.3, -0.25) is 10.1 Å². The molecule has 1 saturated carbocycles. The molecule has 0 atom stereocenters. The Labute approximate surface area is 161 Å². The van der Waals surface area contributed by atoms with E-state index in [0.717, 1.165) is 41.6 Å². The van der Waals surface area contributed by atoms with Crippen LogP contribution in [0.3, 0.4) is 0 Å². The number of nitrogens with zero attached hydrogens (tertiary/aromatic N) is 1. The van der Waals surface area contributed by atoms with Crippen molar-refractivity contribution in [3.05, 3.63) is 29.3 Å². The van der Waals surface area contributed by atoms with Gasteiger partial charge in [-0.15, -0.1) is 0 Å². The van der Waals surface area contributed by atoms with Crippen LogP contribution in [0.15, 0.2) is 29.3 Å². The molecule has 7 heteroatoms. The van der Waals surface area contributed by atoms with E-state index in [9.17, 15) is 9.59 Å². The van der Waals surface area contributed by atoms with E-state index in [2.05, 4.69) is 10.3 Å². The molecule has 1 N–H and O–H groups in total. The quantitative estimate of drug-likeness (QED) is 0.800. The third kappa shape index (κ3) is 3.20. The fraction of sp³-hybridized carbons (Fsp3) is 0.450. The normalized spacial score (nSPS) is 19.3. The first-order valence-electron chi connectivity index (χ1n) is 9.23. The number of rotatable bonds is 3. The van der Waals surface area contributed by atoms with Crippen LogP contribution in [-0.4, -0.2) is 29.6 Å². The molecule has 27 heavy (non-hydrogen) atoms. The van der Waals surface area contributed by atoms with Crippen molar-refractivity contribution in [1.29, 1.82) is 0 Å². The molecule has 0 saturated heterocycles. The minimum Gasteiger partial charge on any atom is -0.497 e. The number of benzene rings is 1. The molecule has 1 fully saturated rings. The van der Waals surface area contributed by atoms with Gasteiger partial charge in [0, 0.05) is 5.57 Å². The van der Waals surface area contributed by atoms with Crippen molar-refractivity contribution in [2.75, 3.05) is 12.4 Å². The molecule has 6 nitrogen and oxygen atoms in total. The molecule has 142 valence electrons. The summed E-state index contributed by atoms with van der Waals surface area (Å²) >= 11 is 1.38. The summed E-state index contributed by atoms with van der Waals surface area (Å²) in [5, 5.41) is 3.40. The predicted octanol–water partition coefficient (Wildman–Crippen LogP) is 4.21. The standard InChI is InChI=1S/C20H22N2O4S/c1-12-16(20(26-18(12)24)9-5-3-4-6-10-20)17(23)22-19-21-14-8-7-13(25-2)11-15(14)27-19/h7-8,11H,3-6,9-10H2,1-2H3,(H,21,22,23). The van der Waals surface area contributed by atoms with Crippen LogP contribution < -0.4 is 10.1 Å². The fourth-order valence-electron chi connectivity index (χ4n) is 4.02. The van der Waals surface area contributed by atoms with Crippen LogP contribution in [0.25, 0.3) is 10.2 Å². The molecule has 2 aliphatic rings. The number of hydrogen-bond donors (Lipinski definition) is 1. The zero-order chi connectivity index (χ0) is 19.0. The Hall–Kier alpha value is -2.41. The molecule has 1 amide bonds. The Morgan fingerprint density at radius 2 is 2.00 bits per heavy atom. The van der Waals surface area contributed by atoms with Crippen molar-refractivity contribution in [2.45, 2.75) is 51.0 Å². The largest absolute Gasteiger partial charge is 0.497 e. The van der Waals surface area contributed by atoms with Crippen molar-refractivity contribution in [3.63, 3.8) is 0 Å². The van der Waals surface area contributed by atoms with E-state index in [-0.39, 0.29) is 11.9 Å². The summed E-state index contributed by atoms with van der Waals surface area (Å²) in [6, 6.07) is 5.59. The van der Waals surface area contributed by atoms with Crippen molar-refractivity contribution >= 4 is 38.6 Å². The van der Waals surface area contributed by atoms with E-state index in [1.54, 1.807) is 14.0 Å². The number of amides is 1. The van der Waals surface area contributed by atoms with E-state index in [1.807, 2.05) is 18.2 Å². The second-order valence-corrected chi connectivity index (χ2v) is 8.14. The zero-order valence-corrected chi connectivity index (χ0v) is 16.3. The Balaban J connectivity index is 1.63. The third-order valence-corrected chi connectivity index (χ3v) is 6.31. The number of thiazole rings is 1. The lowest BCUT2D eigenvalue weighted by Crippen LogP contribution is -2.36. The summed E-state index contributed by atoms with van der Waals surface area (Å²) in [7, 11) is 1.61. The Morgan fingerprint density at radius 1 is 1.26 bits per heavy atom. The maximum atomic E-state index is 13.1. The molecule has 1 spiro atoms. The molecule has 2 heterocycles. The predicted molar refractivity (Wildman–Crippen MR) is 104 cm³/mol. The maximum Gasteiger partial charge on any atom is 0.335 e. The van der Waals surface area contributed by atoms with Gasteiger partial charge >= 0.3 is 5.97 Å². The summed E-state index contributed by atoms with van der Waals surface area (Å²) in [6.45, 7) is 1.68. The first kappa shape index (κ1) is 18.0. The number of ether oxygens (including phenoxy) is 2. The van der Waals surface area contributed by atoms with Gasteiger partial charge in [0.2, 0.25) is 0 Å². The monoisotopic (exact) mass is 386 g/mol. The highest BCUT2D eigenvalue weighted by molar-refractivity contribution is 7.22. The van der Waals surface area contributed by atoms with Crippen molar-refractivity contribution in [3.8, 4) is 5.75 Å². The lowest BCUT2D eigenvalue weighted by Gasteiger charge is -2.29. The van der Waals surface area contributed by atoms with E-state index >= 15 is 0 Å². The first-order chi connectivity index (χ1) is 13.0. The lowest BCUT2D eigenvalue weighted by molar-refractivity contribution is -0.148. The fourth-order valence-corrected chi connectivity index (χ4v) is 4.91. The number of methoxy groups -OCH3 is 1. The summed E-state index contributed by atoms with van der Waals surface area (Å²) in [6.07, 6.45) is 5.53. The Kier molecular flexibility index (Phi) is 4.63. The average Bonchev–Trinajstić information content (AvgIpc) is 3.04. The number of nitrogens with one attached hydrogen (secondary N) is 1. The zero-order valence-electron chi connectivity index (χ0n) is 15.5. The van der Waals surface area contributed by atoms with Crippen LogP contribution in [0.4, 0.5) is 5.13 Å². The number of fused-ring (bicyclic) bond motifs is 1. The van der Waals surface area contributed by atoms with Crippen molar-refractivity contribution in [1.82, 2.24) is 4.98 Å². The van der Waals surface area contributed by atoms with Gasteiger partial charge in [0.25, 0.3) is 5.91 Å². The van der Waals surface area contributed by atoms with Crippen LogP contribution in [-0.2, 0) is 14.3 Å². The SMILES string of the molecule is COc1ccc2nc(NC(=O)C3=C(C)C(=O)OC34CCCCCC4)sc2c1. The van der Waals surface area contributed by atoms with E-state index in [1.165, 1.54) is 11.3 Å². The first-order valence-corrected chi connectivity index (χ1v) is 10.0. The second-order valence-electron chi connectivity index (χ2n) is 7.10. The average molecular weight is 386 g/mol. The number of hydrogen-bond acceptors (Lipinski definition) is 6. The number of esters is 1. The van der Waals surface area contributed by atoms with E-state index < -0.39 is 5.60 Å². The molecule has 0 unspecified atom stereocenters. The Morgan fingerprint density at radius 3 is 2.70 bits per heavy atom. The smallest absolute Gasteiger partial charge is 0.335 e. The summed E-state index contributed by atoms with van der Waals surface area (Å²) in [4.78, 5) is 29.8. The third-order valence-electron chi connectivity index (χ3n) is 5.38. The number of anilines is 1. The van der Waals surface area contributed by atoms with Crippen LogP contribution in [0.1, 0.15) is 45.4 Å². The molecule has 1 aromatic carbocycles. The van der Waals surface area contributed by atoms with Gasteiger partial charge in [0.15, 0.2) is 5.13 Å². The number of carbonyl (C=O) groups excluding carboxylic acids is 2. The molecule has 1 aliphatic heterocycles. The highest BCUT2D eigenvalue weighted by atomic mass is 32.1. The minimum absolute atomic E-state index is 0.286. The minimum atomic E-state index is -0.776. The topological polar surface area (TPSA) is 77.5 Å². The molecule has 1 aliphatic carbocycles. The van der Waals surface area contributed by atoms with Crippen LogP contribution in [0.2, 0.25) is 0 Å². The molecule has 4 rings (SSSR count). The molecule has 0 radical (unpaired) electrons. The highest BCUT2D eigenvalue weighted by Crippen LogP contribution is 2.43. The van der Waals surface area contributed by atoms with Gasteiger partial charge in [-0.1, -0.05) is 24.2 Å². The second kappa shape index (κ2) is 6.96. The van der Waals surface area contributed by atoms with Crippen LogP contribution >= 0.6 is 11.3 Å². The number of aromatic nitrogens is 1. The lowest BCUT2D eigenvalue weighted by atomic mass is 9.85. The van der Waals surface area contributed by atoms with Gasteiger partial charge in [-0.05, 0) is 50.8 Å². The molecule has 0 bridgehead atoms. The van der Waals surface area contributed by atoms with Crippen molar-refractivity contribution in [2.24, 2.45) is 0 Å². The van der Waals surface area contributed by atoms with Crippen LogP contribution in [0, 0.1) is 0 Å². The number of carbonyl (C=O) groups is 2. The van der Waals surface area contributed by atoms with E-state index in [0.29, 0.717) is 29.1 Å².